The van der Waals surface area contributed by atoms with Gasteiger partial charge in [0, 0.05) is 13.4 Å². The van der Waals surface area contributed by atoms with Gasteiger partial charge in [-0.25, -0.2) is 4.79 Å². The van der Waals surface area contributed by atoms with Crippen molar-refractivity contribution in [3.05, 3.63) is 57.2 Å². The Morgan fingerprint density at radius 3 is 2.38 bits per heavy atom. The first-order chi connectivity index (χ1) is 10.1. The second kappa shape index (κ2) is 7.84. The molecule has 0 aromatic heterocycles. The highest BCUT2D eigenvalue weighted by Crippen LogP contribution is 2.30. The van der Waals surface area contributed by atoms with Crippen LogP contribution in [0, 0.1) is 3.57 Å². The summed E-state index contributed by atoms with van der Waals surface area (Å²) in [6.45, 7) is 4.27. The molecule has 0 aliphatic heterocycles. The monoisotopic (exact) mass is 412 g/mol. The van der Waals surface area contributed by atoms with Gasteiger partial charge in [-0.2, -0.15) is 0 Å². The summed E-state index contributed by atoms with van der Waals surface area (Å²) in [5.74, 6) is -0.237. The van der Waals surface area contributed by atoms with Gasteiger partial charge in [-0.3, -0.25) is 0 Å². The molecule has 0 saturated heterocycles. The van der Waals surface area contributed by atoms with Gasteiger partial charge in [0.05, 0.1) is 12.2 Å². The molecule has 0 spiro atoms. The summed E-state index contributed by atoms with van der Waals surface area (Å²) in [7, 11) is 0. The highest BCUT2D eigenvalue weighted by Gasteiger charge is 2.12. The van der Waals surface area contributed by atoms with E-state index in [-0.39, 0.29) is 5.97 Å². The maximum atomic E-state index is 12.0. The fourth-order valence-corrected chi connectivity index (χ4v) is 3.18. The van der Waals surface area contributed by atoms with Crippen LogP contribution in [0.4, 0.5) is 0 Å². The van der Waals surface area contributed by atoms with E-state index in [0.29, 0.717) is 12.2 Å². The van der Waals surface area contributed by atoms with Crippen LogP contribution in [-0.2, 0) is 11.2 Å². The predicted molar refractivity (Wildman–Crippen MR) is 95.1 cm³/mol. The standard InChI is InChI=1S/C17H17IO2S/c1-3-12-5-8-15(11-16(12)17(19)20-4-2)21-14-9-6-13(18)7-10-14/h5-11H,3-4H2,1-2H3. The van der Waals surface area contributed by atoms with Crippen LogP contribution in [0.15, 0.2) is 52.3 Å². The molecule has 0 N–H and O–H groups in total. The number of esters is 1. The topological polar surface area (TPSA) is 26.3 Å². The number of hydrogen-bond donors (Lipinski definition) is 0. The average molecular weight is 412 g/mol. The Morgan fingerprint density at radius 1 is 1.10 bits per heavy atom. The Morgan fingerprint density at radius 2 is 1.76 bits per heavy atom. The Hall–Kier alpha value is -1.01. The summed E-state index contributed by atoms with van der Waals surface area (Å²) in [5.41, 5.74) is 1.70. The number of hydrogen-bond acceptors (Lipinski definition) is 3. The Bertz CT molecular complexity index is 623. The zero-order valence-electron chi connectivity index (χ0n) is 12.1. The van der Waals surface area contributed by atoms with E-state index < -0.39 is 0 Å². The molecule has 0 bridgehead atoms. The van der Waals surface area contributed by atoms with Crippen molar-refractivity contribution < 1.29 is 9.53 Å². The van der Waals surface area contributed by atoms with Gasteiger partial charge in [0.25, 0.3) is 0 Å². The first kappa shape index (κ1) is 16.4. The summed E-state index contributed by atoms with van der Waals surface area (Å²) in [4.78, 5) is 14.3. The van der Waals surface area contributed by atoms with Gasteiger partial charge < -0.3 is 4.74 Å². The lowest BCUT2D eigenvalue weighted by Crippen LogP contribution is -2.08. The molecule has 0 fully saturated rings. The molecule has 0 aliphatic rings. The summed E-state index contributed by atoms with van der Waals surface area (Å²) in [5, 5.41) is 0. The Kier molecular flexibility index (Phi) is 6.11. The Labute approximate surface area is 143 Å². The second-order valence-corrected chi connectivity index (χ2v) is 6.84. The van der Waals surface area contributed by atoms with E-state index in [4.69, 9.17) is 4.74 Å². The minimum Gasteiger partial charge on any atom is -0.462 e. The number of aryl methyl sites for hydroxylation is 1. The minimum atomic E-state index is -0.237. The molecule has 0 heterocycles. The van der Waals surface area contributed by atoms with E-state index in [0.717, 1.165) is 21.8 Å². The van der Waals surface area contributed by atoms with E-state index in [1.165, 1.54) is 3.57 Å². The molecule has 0 amide bonds. The molecule has 0 radical (unpaired) electrons. The second-order valence-electron chi connectivity index (χ2n) is 4.45. The van der Waals surface area contributed by atoms with Crippen LogP contribution in [0.25, 0.3) is 0 Å². The normalized spacial score (nSPS) is 10.4. The van der Waals surface area contributed by atoms with Gasteiger partial charge in [0.15, 0.2) is 0 Å². The van der Waals surface area contributed by atoms with Crippen molar-refractivity contribution >= 4 is 40.3 Å². The number of benzene rings is 2. The number of carbonyl (C=O) groups is 1. The molecule has 110 valence electrons. The van der Waals surface area contributed by atoms with Crippen molar-refractivity contribution in [3.63, 3.8) is 0 Å². The van der Waals surface area contributed by atoms with Crippen molar-refractivity contribution in [3.8, 4) is 0 Å². The summed E-state index contributed by atoms with van der Waals surface area (Å²) >= 11 is 3.94. The third-order valence-corrected chi connectivity index (χ3v) is 4.72. The molecule has 0 unspecified atom stereocenters. The largest absolute Gasteiger partial charge is 0.462 e. The van der Waals surface area contributed by atoms with E-state index >= 15 is 0 Å². The Balaban J connectivity index is 2.26. The molecule has 4 heteroatoms. The van der Waals surface area contributed by atoms with E-state index in [9.17, 15) is 4.79 Å². The average Bonchev–Trinajstić information content (AvgIpc) is 2.50. The third kappa shape index (κ3) is 4.48. The van der Waals surface area contributed by atoms with E-state index in [1.54, 1.807) is 11.8 Å². The van der Waals surface area contributed by atoms with Gasteiger partial charge >= 0.3 is 5.97 Å². The molecule has 0 saturated carbocycles. The fourth-order valence-electron chi connectivity index (χ4n) is 1.96. The van der Waals surface area contributed by atoms with Crippen molar-refractivity contribution in [2.45, 2.75) is 30.1 Å². The summed E-state index contributed by atoms with van der Waals surface area (Å²) in [6.07, 6.45) is 0.822. The first-order valence-corrected chi connectivity index (χ1v) is 8.77. The molecule has 2 aromatic rings. The molecular formula is C17H17IO2S. The van der Waals surface area contributed by atoms with Gasteiger partial charge in [-0.05, 0) is 77.9 Å². The van der Waals surface area contributed by atoms with Gasteiger partial charge in [0.2, 0.25) is 0 Å². The molecule has 21 heavy (non-hydrogen) atoms. The van der Waals surface area contributed by atoms with Crippen molar-refractivity contribution in [2.24, 2.45) is 0 Å². The van der Waals surface area contributed by atoms with Crippen molar-refractivity contribution in [1.82, 2.24) is 0 Å². The van der Waals surface area contributed by atoms with Crippen LogP contribution in [-0.4, -0.2) is 12.6 Å². The number of halogens is 1. The maximum Gasteiger partial charge on any atom is 0.338 e. The molecule has 2 aromatic carbocycles. The number of carbonyl (C=O) groups excluding carboxylic acids is 1. The van der Waals surface area contributed by atoms with Crippen LogP contribution >= 0.6 is 34.4 Å². The van der Waals surface area contributed by atoms with Crippen LogP contribution < -0.4 is 0 Å². The van der Waals surface area contributed by atoms with Gasteiger partial charge in [0.1, 0.15) is 0 Å². The zero-order chi connectivity index (χ0) is 15.2. The van der Waals surface area contributed by atoms with E-state index in [1.807, 2.05) is 26.0 Å². The van der Waals surface area contributed by atoms with Gasteiger partial charge in [-0.1, -0.05) is 24.8 Å². The summed E-state index contributed by atoms with van der Waals surface area (Å²) < 4.78 is 6.36. The molecule has 0 atom stereocenters. The predicted octanol–water partition coefficient (Wildman–Crippen LogP) is 5.18. The van der Waals surface area contributed by atoms with Crippen LogP contribution in [0.3, 0.4) is 0 Å². The van der Waals surface area contributed by atoms with Crippen LogP contribution in [0.1, 0.15) is 29.8 Å². The molecule has 0 aliphatic carbocycles. The first-order valence-electron chi connectivity index (χ1n) is 6.87. The molecule has 2 nitrogen and oxygen atoms in total. The molecular weight excluding hydrogens is 395 g/mol. The van der Waals surface area contributed by atoms with Crippen LogP contribution in [0.2, 0.25) is 0 Å². The lowest BCUT2D eigenvalue weighted by Gasteiger charge is -2.10. The summed E-state index contributed by atoms with van der Waals surface area (Å²) in [6, 6.07) is 14.3. The lowest BCUT2D eigenvalue weighted by molar-refractivity contribution is 0.0525. The van der Waals surface area contributed by atoms with Crippen LogP contribution in [0.5, 0.6) is 0 Å². The highest BCUT2D eigenvalue weighted by molar-refractivity contribution is 14.1. The van der Waals surface area contributed by atoms with E-state index in [2.05, 4.69) is 52.9 Å². The smallest absolute Gasteiger partial charge is 0.338 e. The zero-order valence-corrected chi connectivity index (χ0v) is 15.0. The quantitative estimate of drug-likeness (QED) is 0.500. The maximum absolute atomic E-state index is 12.0. The minimum absolute atomic E-state index is 0.237. The number of rotatable bonds is 5. The number of ether oxygens (including phenoxy) is 1. The molecule has 2 rings (SSSR count). The van der Waals surface area contributed by atoms with Crippen molar-refractivity contribution in [1.29, 1.82) is 0 Å². The van der Waals surface area contributed by atoms with Crippen molar-refractivity contribution in [2.75, 3.05) is 6.61 Å². The lowest BCUT2D eigenvalue weighted by atomic mass is 10.1. The highest BCUT2D eigenvalue weighted by atomic mass is 127. The van der Waals surface area contributed by atoms with Gasteiger partial charge in [-0.15, -0.1) is 0 Å². The SMILES string of the molecule is CCOC(=O)c1cc(Sc2ccc(I)cc2)ccc1CC. The third-order valence-electron chi connectivity index (χ3n) is 3.01. The fraction of sp³-hybridized carbons (Fsp3) is 0.235.